The molecule has 0 unspecified atom stereocenters. The van der Waals surface area contributed by atoms with E-state index in [1.165, 1.54) is 7.11 Å². The number of ether oxygens (including phenoxy) is 1. The number of rotatable bonds is 5. The van der Waals surface area contributed by atoms with E-state index >= 15 is 0 Å². The van der Waals surface area contributed by atoms with Gasteiger partial charge in [-0.05, 0) is 26.3 Å². The van der Waals surface area contributed by atoms with E-state index in [2.05, 4.69) is 10.2 Å². The van der Waals surface area contributed by atoms with Gasteiger partial charge in [-0.1, -0.05) is 6.42 Å². The van der Waals surface area contributed by atoms with Crippen LogP contribution in [0.1, 0.15) is 32.6 Å². The first kappa shape index (κ1) is 14.0. The average molecular weight is 242 g/mol. The molecular weight excluding hydrogens is 220 g/mol. The summed E-state index contributed by atoms with van der Waals surface area (Å²) in [5, 5.41) is 2.76. The lowest BCUT2D eigenvalue weighted by atomic mass is 10.0. The first-order valence-electron chi connectivity index (χ1n) is 6.27. The van der Waals surface area contributed by atoms with E-state index in [0.717, 1.165) is 25.8 Å². The molecule has 0 radical (unpaired) electrons. The van der Waals surface area contributed by atoms with Crippen LogP contribution in [0.4, 0.5) is 0 Å². The van der Waals surface area contributed by atoms with Gasteiger partial charge in [0.25, 0.3) is 0 Å². The lowest BCUT2D eigenvalue weighted by Crippen LogP contribution is -2.46. The van der Waals surface area contributed by atoms with Crippen LogP contribution in [0.3, 0.4) is 0 Å². The molecule has 0 aromatic carbocycles. The number of esters is 1. The third-order valence-electron chi connectivity index (χ3n) is 3.09. The Hall–Kier alpha value is -1.10. The molecule has 0 spiro atoms. The number of amides is 1. The normalized spacial score (nSPS) is 20.9. The molecule has 1 rings (SSSR count). The maximum atomic E-state index is 11.6. The van der Waals surface area contributed by atoms with Crippen molar-refractivity contribution in [3.63, 3.8) is 0 Å². The number of hydrogen-bond donors (Lipinski definition) is 1. The van der Waals surface area contributed by atoms with Gasteiger partial charge in [-0.25, -0.2) is 0 Å². The third kappa shape index (κ3) is 4.34. The summed E-state index contributed by atoms with van der Waals surface area (Å²) in [6, 6.07) is -0.164. The Morgan fingerprint density at radius 2 is 2.18 bits per heavy atom. The summed E-state index contributed by atoms with van der Waals surface area (Å²) in [5.41, 5.74) is 0. The molecule has 0 aromatic heterocycles. The van der Waals surface area contributed by atoms with Crippen molar-refractivity contribution in [1.29, 1.82) is 0 Å². The Labute approximate surface area is 102 Å². The van der Waals surface area contributed by atoms with Crippen molar-refractivity contribution < 1.29 is 14.3 Å². The predicted molar refractivity (Wildman–Crippen MR) is 64.5 cm³/mol. The van der Waals surface area contributed by atoms with Crippen LogP contribution in [0.25, 0.3) is 0 Å². The molecule has 1 amide bonds. The summed E-state index contributed by atoms with van der Waals surface area (Å²) in [4.78, 5) is 25.0. The first-order valence-corrected chi connectivity index (χ1v) is 6.27. The quantitative estimate of drug-likeness (QED) is 0.715. The number of likely N-dealkylation sites (tertiary alicyclic amines) is 1. The average Bonchev–Trinajstić information content (AvgIpc) is 2.36. The van der Waals surface area contributed by atoms with Gasteiger partial charge >= 0.3 is 5.97 Å². The van der Waals surface area contributed by atoms with Crippen LogP contribution in [0, 0.1) is 0 Å². The molecule has 1 N–H and O–H groups in total. The third-order valence-corrected chi connectivity index (χ3v) is 3.09. The van der Waals surface area contributed by atoms with Crippen LogP contribution < -0.4 is 5.32 Å². The van der Waals surface area contributed by atoms with E-state index in [4.69, 9.17) is 4.74 Å². The van der Waals surface area contributed by atoms with Gasteiger partial charge in [0.1, 0.15) is 6.04 Å². The summed E-state index contributed by atoms with van der Waals surface area (Å²) in [6.07, 6.45) is 3.42. The van der Waals surface area contributed by atoms with Gasteiger partial charge in [0.15, 0.2) is 0 Å². The lowest BCUT2D eigenvalue weighted by Gasteiger charge is -2.33. The molecule has 0 saturated carbocycles. The zero-order valence-corrected chi connectivity index (χ0v) is 10.7. The van der Waals surface area contributed by atoms with Gasteiger partial charge in [-0.2, -0.15) is 0 Å². The van der Waals surface area contributed by atoms with Gasteiger partial charge < -0.3 is 10.1 Å². The second-order valence-corrected chi connectivity index (χ2v) is 4.27. The Morgan fingerprint density at radius 3 is 2.82 bits per heavy atom. The Balaban J connectivity index is 2.42. The summed E-state index contributed by atoms with van der Waals surface area (Å²) in [6.45, 7) is 4.06. The zero-order chi connectivity index (χ0) is 12.7. The molecule has 5 heteroatoms. The molecule has 1 aliphatic heterocycles. The molecule has 0 aliphatic carbocycles. The van der Waals surface area contributed by atoms with Gasteiger partial charge in [-0.3, -0.25) is 14.5 Å². The fourth-order valence-electron chi connectivity index (χ4n) is 2.19. The second-order valence-electron chi connectivity index (χ2n) is 4.27. The summed E-state index contributed by atoms with van der Waals surface area (Å²) < 4.78 is 4.79. The smallest absolute Gasteiger partial charge is 0.323 e. The SMILES string of the molecule is CCNC(=O)CCN1CCCC[C@@H]1C(=O)OC. The topological polar surface area (TPSA) is 58.6 Å². The number of piperidine rings is 1. The first-order chi connectivity index (χ1) is 8.19. The molecule has 1 aliphatic rings. The number of nitrogens with one attached hydrogen (secondary N) is 1. The van der Waals surface area contributed by atoms with Crippen LogP contribution in [-0.4, -0.2) is 49.6 Å². The van der Waals surface area contributed by atoms with Crippen molar-refractivity contribution >= 4 is 11.9 Å². The second kappa shape index (κ2) is 7.27. The highest BCUT2D eigenvalue weighted by molar-refractivity contribution is 5.77. The van der Waals surface area contributed by atoms with Crippen LogP contribution in [-0.2, 0) is 14.3 Å². The molecule has 17 heavy (non-hydrogen) atoms. The van der Waals surface area contributed by atoms with Crippen molar-refractivity contribution in [2.45, 2.75) is 38.6 Å². The molecule has 1 fully saturated rings. The van der Waals surface area contributed by atoms with Crippen molar-refractivity contribution in [3.05, 3.63) is 0 Å². The fraction of sp³-hybridized carbons (Fsp3) is 0.833. The van der Waals surface area contributed by atoms with Crippen molar-refractivity contribution in [1.82, 2.24) is 10.2 Å². The van der Waals surface area contributed by atoms with E-state index in [0.29, 0.717) is 19.5 Å². The maximum Gasteiger partial charge on any atom is 0.323 e. The monoisotopic (exact) mass is 242 g/mol. The number of hydrogen-bond acceptors (Lipinski definition) is 4. The molecular formula is C12H22N2O3. The maximum absolute atomic E-state index is 11.6. The number of methoxy groups -OCH3 is 1. The lowest BCUT2D eigenvalue weighted by molar-refractivity contribution is -0.148. The van der Waals surface area contributed by atoms with Gasteiger partial charge in [0, 0.05) is 19.5 Å². The number of carbonyl (C=O) groups is 2. The van der Waals surface area contributed by atoms with Crippen LogP contribution >= 0.6 is 0 Å². The molecule has 0 aromatic rings. The molecule has 1 atom stereocenters. The largest absolute Gasteiger partial charge is 0.468 e. The number of carbonyl (C=O) groups excluding carboxylic acids is 2. The van der Waals surface area contributed by atoms with Crippen LogP contribution in [0.5, 0.6) is 0 Å². The van der Waals surface area contributed by atoms with Gasteiger partial charge in [0.2, 0.25) is 5.91 Å². The Kier molecular flexibility index (Phi) is 5.97. The molecule has 1 saturated heterocycles. The zero-order valence-electron chi connectivity index (χ0n) is 10.7. The minimum Gasteiger partial charge on any atom is -0.468 e. The van der Waals surface area contributed by atoms with Crippen molar-refractivity contribution in [2.24, 2.45) is 0 Å². The molecule has 0 bridgehead atoms. The summed E-state index contributed by atoms with van der Waals surface area (Å²) >= 11 is 0. The molecule has 1 heterocycles. The van der Waals surface area contributed by atoms with Crippen LogP contribution in [0.2, 0.25) is 0 Å². The summed E-state index contributed by atoms with van der Waals surface area (Å²) in [7, 11) is 1.42. The predicted octanol–water partition coefficient (Wildman–Crippen LogP) is 0.540. The highest BCUT2D eigenvalue weighted by atomic mass is 16.5. The number of nitrogens with zero attached hydrogens (tertiary/aromatic N) is 1. The van der Waals surface area contributed by atoms with E-state index in [9.17, 15) is 9.59 Å². The fourth-order valence-corrected chi connectivity index (χ4v) is 2.19. The van der Waals surface area contributed by atoms with E-state index < -0.39 is 0 Å². The van der Waals surface area contributed by atoms with E-state index in [1.807, 2.05) is 6.92 Å². The highest BCUT2D eigenvalue weighted by Crippen LogP contribution is 2.18. The standard InChI is InChI=1S/C12H22N2O3/c1-3-13-11(15)7-9-14-8-5-4-6-10(14)12(16)17-2/h10H,3-9H2,1-2H3,(H,13,15)/t10-/m1/s1. The van der Waals surface area contributed by atoms with Gasteiger partial charge in [-0.15, -0.1) is 0 Å². The summed E-state index contributed by atoms with van der Waals surface area (Å²) in [5.74, 6) is -0.137. The minimum atomic E-state index is -0.180. The van der Waals surface area contributed by atoms with E-state index in [1.54, 1.807) is 0 Å². The Bertz CT molecular complexity index is 268. The van der Waals surface area contributed by atoms with Crippen LogP contribution in [0.15, 0.2) is 0 Å². The van der Waals surface area contributed by atoms with Crippen molar-refractivity contribution in [3.8, 4) is 0 Å². The molecule has 5 nitrogen and oxygen atoms in total. The Morgan fingerprint density at radius 1 is 1.41 bits per heavy atom. The van der Waals surface area contributed by atoms with Crippen molar-refractivity contribution in [2.75, 3.05) is 26.7 Å². The molecule has 98 valence electrons. The minimum absolute atomic E-state index is 0.0432. The van der Waals surface area contributed by atoms with E-state index in [-0.39, 0.29) is 17.9 Å². The van der Waals surface area contributed by atoms with Gasteiger partial charge in [0.05, 0.1) is 7.11 Å². The highest BCUT2D eigenvalue weighted by Gasteiger charge is 2.29.